The largest absolute Gasteiger partial charge is 0.493 e. The molecular weight excluding hydrogens is 328 g/mol. The fourth-order valence-electron chi connectivity index (χ4n) is 3.00. The van der Waals surface area contributed by atoms with Crippen molar-refractivity contribution in [3.05, 3.63) is 17.7 Å². The molecule has 0 amide bonds. The van der Waals surface area contributed by atoms with E-state index in [1.54, 1.807) is 21.3 Å². The fraction of sp³-hybridized carbons (Fsp3) is 0.714. The van der Waals surface area contributed by atoms with Crippen molar-refractivity contribution in [1.29, 1.82) is 0 Å². The molecule has 0 bridgehead atoms. The van der Waals surface area contributed by atoms with Gasteiger partial charge in [-0.15, -0.1) is 0 Å². The molecule has 0 aliphatic rings. The molecule has 0 aromatic heterocycles. The van der Waals surface area contributed by atoms with E-state index in [1.165, 1.54) is 45.3 Å². The van der Waals surface area contributed by atoms with Crippen LogP contribution in [-0.2, 0) is 6.54 Å². The first-order valence-electron chi connectivity index (χ1n) is 9.92. The molecule has 0 heterocycles. The number of rotatable bonds is 15. The number of hydrogen-bond donors (Lipinski definition) is 1. The minimum absolute atomic E-state index is 0.640. The SMILES string of the molecule is CCCCN(CCCC)CCCNCc1cc(OC)c(OC)c(OC)c1. The molecule has 0 saturated carbocycles. The van der Waals surface area contributed by atoms with E-state index in [-0.39, 0.29) is 0 Å². The third kappa shape index (κ3) is 7.83. The lowest BCUT2D eigenvalue weighted by molar-refractivity contribution is 0.261. The Balaban J connectivity index is 2.44. The maximum atomic E-state index is 5.41. The van der Waals surface area contributed by atoms with E-state index in [0.29, 0.717) is 17.2 Å². The van der Waals surface area contributed by atoms with Crippen LogP contribution in [0.3, 0.4) is 0 Å². The lowest BCUT2D eigenvalue weighted by Gasteiger charge is -2.22. The van der Waals surface area contributed by atoms with E-state index in [0.717, 1.165) is 25.1 Å². The Hall–Kier alpha value is -1.46. The summed E-state index contributed by atoms with van der Waals surface area (Å²) in [4.78, 5) is 2.61. The molecular formula is C21H38N2O3. The van der Waals surface area contributed by atoms with Crippen LogP contribution in [0.4, 0.5) is 0 Å². The van der Waals surface area contributed by atoms with Crippen LogP contribution in [0.1, 0.15) is 51.5 Å². The van der Waals surface area contributed by atoms with Gasteiger partial charge in [-0.1, -0.05) is 26.7 Å². The number of ether oxygens (including phenoxy) is 3. The van der Waals surface area contributed by atoms with Gasteiger partial charge in [-0.05, 0) is 63.1 Å². The number of hydrogen-bond acceptors (Lipinski definition) is 5. The van der Waals surface area contributed by atoms with Crippen LogP contribution >= 0.6 is 0 Å². The first kappa shape index (κ1) is 22.6. The van der Waals surface area contributed by atoms with Crippen molar-refractivity contribution in [3.8, 4) is 17.2 Å². The molecule has 1 N–H and O–H groups in total. The molecule has 0 unspecified atom stereocenters. The molecule has 0 atom stereocenters. The number of nitrogens with zero attached hydrogens (tertiary/aromatic N) is 1. The van der Waals surface area contributed by atoms with Crippen LogP contribution in [0.15, 0.2) is 12.1 Å². The van der Waals surface area contributed by atoms with Crippen molar-refractivity contribution in [2.45, 2.75) is 52.5 Å². The van der Waals surface area contributed by atoms with Gasteiger partial charge in [0.1, 0.15) is 0 Å². The van der Waals surface area contributed by atoms with E-state index < -0.39 is 0 Å². The third-order valence-corrected chi connectivity index (χ3v) is 4.54. The number of methoxy groups -OCH3 is 3. The lowest BCUT2D eigenvalue weighted by Crippen LogP contribution is -2.29. The Morgan fingerprint density at radius 2 is 1.35 bits per heavy atom. The Bertz CT molecular complexity index is 461. The zero-order valence-electron chi connectivity index (χ0n) is 17.4. The quantitative estimate of drug-likeness (QED) is 0.474. The minimum Gasteiger partial charge on any atom is -0.493 e. The standard InChI is InChI=1S/C21H38N2O3/c1-6-8-12-23(13-9-7-2)14-10-11-22-17-18-15-19(24-3)21(26-5)20(16-18)25-4/h15-16,22H,6-14,17H2,1-5H3. The van der Waals surface area contributed by atoms with Crippen LogP contribution in [0.2, 0.25) is 0 Å². The predicted molar refractivity (Wildman–Crippen MR) is 109 cm³/mol. The average molecular weight is 367 g/mol. The van der Waals surface area contributed by atoms with Crippen molar-refractivity contribution < 1.29 is 14.2 Å². The Morgan fingerprint density at radius 1 is 0.808 bits per heavy atom. The van der Waals surface area contributed by atoms with Crippen molar-refractivity contribution in [2.75, 3.05) is 47.5 Å². The molecule has 0 aliphatic heterocycles. The van der Waals surface area contributed by atoms with Gasteiger partial charge < -0.3 is 24.4 Å². The Labute approximate surface area is 160 Å². The zero-order valence-corrected chi connectivity index (χ0v) is 17.4. The maximum Gasteiger partial charge on any atom is 0.203 e. The summed E-state index contributed by atoms with van der Waals surface area (Å²) in [6.45, 7) is 9.94. The van der Waals surface area contributed by atoms with Crippen LogP contribution in [0.5, 0.6) is 17.2 Å². The number of unbranched alkanes of at least 4 members (excludes halogenated alkanes) is 2. The van der Waals surface area contributed by atoms with E-state index in [4.69, 9.17) is 14.2 Å². The van der Waals surface area contributed by atoms with Crippen molar-refractivity contribution in [2.24, 2.45) is 0 Å². The molecule has 0 spiro atoms. The van der Waals surface area contributed by atoms with Gasteiger partial charge in [0.2, 0.25) is 5.75 Å². The lowest BCUT2D eigenvalue weighted by atomic mass is 10.1. The maximum absolute atomic E-state index is 5.41. The van der Waals surface area contributed by atoms with Crippen molar-refractivity contribution >= 4 is 0 Å². The third-order valence-electron chi connectivity index (χ3n) is 4.54. The topological polar surface area (TPSA) is 43.0 Å². The molecule has 0 radical (unpaired) electrons. The van der Waals surface area contributed by atoms with Crippen LogP contribution in [0, 0.1) is 0 Å². The van der Waals surface area contributed by atoms with E-state index in [9.17, 15) is 0 Å². The summed E-state index contributed by atoms with van der Waals surface area (Å²) in [5.74, 6) is 2.05. The van der Waals surface area contributed by atoms with Crippen LogP contribution in [-0.4, -0.2) is 52.4 Å². The monoisotopic (exact) mass is 366 g/mol. The minimum atomic E-state index is 0.640. The van der Waals surface area contributed by atoms with Gasteiger partial charge in [0.15, 0.2) is 11.5 Å². The second-order valence-electron chi connectivity index (χ2n) is 6.61. The van der Waals surface area contributed by atoms with Gasteiger partial charge in [-0.3, -0.25) is 0 Å². The van der Waals surface area contributed by atoms with Crippen molar-refractivity contribution in [1.82, 2.24) is 10.2 Å². The Morgan fingerprint density at radius 3 is 1.81 bits per heavy atom. The van der Waals surface area contributed by atoms with E-state index in [1.807, 2.05) is 12.1 Å². The molecule has 1 aromatic carbocycles. The Kier molecular flexibility index (Phi) is 11.9. The number of benzene rings is 1. The average Bonchev–Trinajstić information content (AvgIpc) is 2.68. The van der Waals surface area contributed by atoms with E-state index in [2.05, 4.69) is 24.1 Å². The normalized spacial score (nSPS) is 11.0. The summed E-state index contributed by atoms with van der Waals surface area (Å²) in [6.07, 6.45) is 6.28. The first-order valence-corrected chi connectivity index (χ1v) is 9.92. The summed E-state index contributed by atoms with van der Waals surface area (Å²) < 4.78 is 16.2. The summed E-state index contributed by atoms with van der Waals surface area (Å²) >= 11 is 0. The summed E-state index contributed by atoms with van der Waals surface area (Å²) in [7, 11) is 4.92. The molecule has 0 saturated heterocycles. The number of nitrogens with one attached hydrogen (secondary N) is 1. The molecule has 5 heteroatoms. The van der Waals surface area contributed by atoms with Gasteiger partial charge in [-0.2, -0.15) is 0 Å². The summed E-state index contributed by atoms with van der Waals surface area (Å²) in [5, 5.41) is 3.53. The molecule has 26 heavy (non-hydrogen) atoms. The van der Waals surface area contributed by atoms with Gasteiger partial charge in [-0.25, -0.2) is 0 Å². The molecule has 5 nitrogen and oxygen atoms in total. The van der Waals surface area contributed by atoms with Gasteiger partial charge in [0.25, 0.3) is 0 Å². The highest BCUT2D eigenvalue weighted by Gasteiger charge is 2.12. The highest BCUT2D eigenvalue weighted by molar-refractivity contribution is 5.53. The van der Waals surface area contributed by atoms with Gasteiger partial charge in [0, 0.05) is 6.54 Å². The zero-order chi connectivity index (χ0) is 19.2. The summed E-state index contributed by atoms with van der Waals surface area (Å²) in [6, 6.07) is 4.01. The predicted octanol–water partition coefficient (Wildman–Crippen LogP) is 4.09. The molecule has 0 fully saturated rings. The smallest absolute Gasteiger partial charge is 0.203 e. The second kappa shape index (κ2) is 13.7. The van der Waals surface area contributed by atoms with Crippen LogP contribution < -0.4 is 19.5 Å². The molecule has 1 rings (SSSR count). The van der Waals surface area contributed by atoms with Crippen LogP contribution in [0.25, 0.3) is 0 Å². The molecule has 1 aromatic rings. The van der Waals surface area contributed by atoms with E-state index >= 15 is 0 Å². The van der Waals surface area contributed by atoms with Crippen molar-refractivity contribution in [3.63, 3.8) is 0 Å². The van der Waals surface area contributed by atoms with Gasteiger partial charge in [0.05, 0.1) is 21.3 Å². The summed E-state index contributed by atoms with van der Waals surface area (Å²) in [5.41, 5.74) is 1.13. The highest BCUT2D eigenvalue weighted by Crippen LogP contribution is 2.38. The van der Waals surface area contributed by atoms with Gasteiger partial charge >= 0.3 is 0 Å². The molecule has 150 valence electrons. The highest BCUT2D eigenvalue weighted by atomic mass is 16.5. The second-order valence-corrected chi connectivity index (χ2v) is 6.61. The fourth-order valence-corrected chi connectivity index (χ4v) is 3.00. The first-order chi connectivity index (χ1) is 12.7. The molecule has 0 aliphatic carbocycles.